The summed E-state index contributed by atoms with van der Waals surface area (Å²) < 4.78 is 15.9. The highest BCUT2D eigenvalue weighted by Crippen LogP contribution is 2.47. The number of nitrogens with one attached hydrogen (secondary N) is 3. The van der Waals surface area contributed by atoms with Gasteiger partial charge in [0, 0.05) is 29.1 Å². The van der Waals surface area contributed by atoms with Crippen LogP contribution in [0.4, 0.5) is 10.5 Å². The lowest BCUT2D eigenvalue weighted by atomic mass is 9.92. The number of benzene rings is 2. The summed E-state index contributed by atoms with van der Waals surface area (Å²) >= 11 is 0. The Bertz CT molecular complexity index is 1430. The summed E-state index contributed by atoms with van der Waals surface area (Å²) in [4.78, 5) is 64.5. The molecular weight excluding hydrogens is 546 g/mol. The highest BCUT2D eigenvalue weighted by atomic mass is 16.5. The van der Waals surface area contributed by atoms with Crippen molar-refractivity contribution in [1.29, 1.82) is 0 Å². The molecule has 0 radical (unpaired) electrons. The van der Waals surface area contributed by atoms with Gasteiger partial charge in [-0.2, -0.15) is 5.10 Å². The molecule has 2 aromatic rings. The van der Waals surface area contributed by atoms with E-state index >= 15 is 0 Å². The van der Waals surface area contributed by atoms with E-state index in [1.807, 2.05) is 0 Å². The van der Waals surface area contributed by atoms with Gasteiger partial charge in [-0.15, -0.1) is 0 Å². The van der Waals surface area contributed by atoms with Crippen LogP contribution in [-0.2, 0) is 9.59 Å². The number of amides is 6. The minimum absolute atomic E-state index is 0.219. The molecule has 13 heteroatoms. The van der Waals surface area contributed by atoms with E-state index in [0.29, 0.717) is 28.9 Å². The highest BCUT2D eigenvalue weighted by Gasteiger charge is 2.50. The number of hydrogen-bond donors (Lipinski definition) is 3. The summed E-state index contributed by atoms with van der Waals surface area (Å²) in [6.45, 7) is 0. The van der Waals surface area contributed by atoms with E-state index in [-0.39, 0.29) is 23.1 Å². The number of ether oxygens (including phenoxy) is 3. The van der Waals surface area contributed by atoms with Crippen molar-refractivity contribution in [3.63, 3.8) is 0 Å². The van der Waals surface area contributed by atoms with Crippen molar-refractivity contribution in [1.82, 2.24) is 15.6 Å². The zero-order valence-electron chi connectivity index (χ0n) is 23.3. The minimum Gasteiger partial charge on any atom is -0.493 e. The zero-order chi connectivity index (χ0) is 30.0. The molecule has 2 aliphatic carbocycles. The van der Waals surface area contributed by atoms with E-state index in [1.165, 1.54) is 57.7 Å². The zero-order valence-corrected chi connectivity index (χ0v) is 23.3. The van der Waals surface area contributed by atoms with Crippen molar-refractivity contribution in [3.05, 3.63) is 47.5 Å². The fraction of sp³-hybridized carbons (Fsp3) is 0.379. The summed E-state index contributed by atoms with van der Waals surface area (Å²) in [6, 6.07) is 8.13. The van der Waals surface area contributed by atoms with Crippen LogP contribution >= 0.6 is 0 Å². The van der Waals surface area contributed by atoms with Crippen LogP contribution in [0.3, 0.4) is 0 Å². The van der Waals surface area contributed by atoms with E-state index in [4.69, 9.17) is 14.2 Å². The average molecular weight is 578 g/mol. The molecule has 2 saturated carbocycles. The number of carbonyl (C=O) groups is 5. The number of nitrogens with zero attached hydrogens (tertiary/aromatic N) is 2. The number of hydrazone groups is 1. The van der Waals surface area contributed by atoms with Gasteiger partial charge in [0.2, 0.25) is 17.6 Å². The lowest BCUT2D eigenvalue weighted by Gasteiger charge is -2.36. The number of fused-ring (bicyclic) bond motifs is 2. The summed E-state index contributed by atoms with van der Waals surface area (Å²) in [5.74, 6) is -2.02. The topological polar surface area (TPSA) is 165 Å². The van der Waals surface area contributed by atoms with Crippen molar-refractivity contribution < 1.29 is 38.2 Å². The van der Waals surface area contributed by atoms with Gasteiger partial charge in [0.1, 0.15) is 0 Å². The summed E-state index contributed by atoms with van der Waals surface area (Å²) in [6.07, 6.45) is 4.83. The predicted octanol–water partition coefficient (Wildman–Crippen LogP) is 2.56. The monoisotopic (exact) mass is 577 g/mol. The fourth-order valence-electron chi connectivity index (χ4n) is 5.93. The van der Waals surface area contributed by atoms with Crippen LogP contribution < -0.4 is 30.3 Å². The van der Waals surface area contributed by atoms with Crippen LogP contribution in [-0.4, -0.2) is 68.1 Å². The Morgan fingerprint density at radius 1 is 0.929 bits per heavy atom. The molecule has 3 fully saturated rings. The average Bonchev–Trinajstić information content (AvgIpc) is 3.62. The third-order valence-corrected chi connectivity index (χ3v) is 7.99. The van der Waals surface area contributed by atoms with Gasteiger partial charge in [-0.25, -0.2) is 10.2 Å². The fourth-order valence-corrected chi connectivity index (χ4v) is 5.93. The van der Waals surface area contributed by atoms with Gasteiger partial charge in [0.15, 0.2) is 17.4 Å². The van der Waals surface area contributed by atoms with Crippen molar-refractivity contribution in [2.45, 2.75) is 31.7 Å². The van der Waals surface area contributed by atoms with E-state index in [1.54, 1.807) is 0 Å². The predicted molar refractivity (Wildman–Crippen MR) is 150 cm³/mol. The molecule has 13 nitrogen and oxygen atoms in total. The Hall–Kier alpha value is -4.94. The smallest absolute Gasteiger partial charge is 0.331 e. The Balaban J connectivity index is 1.19. The molecule has 42 heavy (non-hydrogen) atoms. The van der Waals surface area contributed by atoms with Crippen LogP contribution in [0.25, 0.3) is 0 Å². The second-order valence-electron chi connectivity index (χ2n) is 10.4. The first-order chi connectivity index (χ1) is 20.2. The van der Waals surface area contributed by atoms with Crippen molar-refractivity contribution in [2.24, 2.45) is 22.9 Å². The summed E-state index contributed by atoms with van der Waals surface area (Å²) in [7, 11) is 4.36. The highest BCUT2D eigenvalue weighted by molar-refractivity contribution is 6.23. The minimum atomic E-state index is -1.32. The van der Waals surface area contributed by atoms with Gasteiger partial charge in [-0.3, -0.25) is 29.4 Å². The lowest BCUT2D eigenvalue weighted by molar-refractivity contribution is -0.141. The molecule has 0 unspecified atom stereocenters. The molecule has 0 spiro atoms. The maximum absolute atomic E-state index is 13.1. The van der Waals surface area contributed by atoms with E-state index in [9.17, 15) is 24.0 Å². The maximum atomic E-state index is 13.1. The Morgan fingerprint density at radius 2 is 1.62 bits per heavy atom. The van der Waals surface area contributed by atoms with Crippen molar-refractivity contribution in [2.75, 3.05) is 26.6 Å². The molecule has 5 rings (SSSR count). The molecule has 6 amide bonds. The van der Waals surface area contributed by atoms with Gasteiger partial charge in [-0.1, -0.05) is 6.42 Å². The second-order valence-corrected chi connectivity index (χ2v) is 10.4. The number of urea groups is 1. The number of imide groups is 2. The standard InChI is InChI=1S/C29H31N5O8/c1-40-22-12-18(13-23(41-2)24(22)42-3)25(35)31-19-8-6-16(7-9-19)26(36)33-30-14-20-27(37)32-29(39)34(28(20)38)21-11-15-4-5-17(21)10-15/h6-9,12-15,17,20-21H,4-5,10-11H2,1-3H3,(H,31,35)(H,33,36)(H,32,37,39)/b30-14-/t15-,17-,20-,21-/m0/s1. The first-order valence-electron chi connectivity index (χ1n) is 13.5. The number of barbiturate groups is 1. The molecule has 0 aromatic heterocycles. The van der Waals surface area contributed by atoms with Gasteiger partial charge in [0.05, 0.1) is 21.3 Å². The van der Waals surface area contributed by atoms with Crippen LogP contribution in [0, 0.1) is 17.8 Å². The van der Waals surface area contributed by atoms with Crippen molar-refractivity contribution >= 4 is 41.6 Å². The Morgan fingerprint density at radius 3 is 2.19 bits per heavy atom. The Kier molecular flexibility index (Phi) is 8.09. The molecule has 3 aliphatic rings. The number of anilines is 1. The van der Waals surface area contributed by atoms with Crippen LogP contribution in [0.5, 0.6) is 17.2 Å². The number of rotatable bonds is 9. The largest absolute Gasteiger partial charge is 0.493 e. The van der Waals surface area contributed by atoms with E-state index in [2.05, 4.69) is 21.2 Å². The third kappa shape index (κ3) is 5.49. The van der Waals surface area contributed by atoms with Gasteiger partial charge in [-0.05, 0) is 67.5 Å². The Labute approximate surface area is 241 Å². The second kappa shape index (κ2) is 11.9. The lowest BCUT2D eigenvalue weighted by Crippen LogP contribution is -2.62. The molecule has 2 bridgehead atoms. The normalized spacial score (nSPS) is 23.1. The van der Waals surface area contributed by atoms with E-state index in [0.717, 1.165) is 36.8 Å². The molecule has 4 atom stereocenters. The molecular formula is C29H31N5O8. The molecule has 220 valence electrons. The molecule has 1 aliphatic heterocycles. The molecule has 1 heterocycles. The van der Waals surface area contributed by atoms with Gasteiger partial charge in [0.25, 0.3) is 11.8 Å². The molecule has 3 N–H and O–H groups in total. The number of hydrogen-bond acceptors (Lipinski definition) is 9. The summed E-state index contributed by atoms with van der Waals surface area (Å²) in [5, 5.41) is 8.79. The van der Waals surface area contributed by atoms with Crippen LogP contribution in [0.2, 0.25) is 0 Å². The van der Waals surface area contributed by atoms with E-state index < -0.39 is 35.6 Å². The van der Waals surface area contributed by atoms with Crippen LogP contribution in [0.15, 0.2) is 41.5 Å². The molecule has 1 saturated heterocycles. The SMILES string of the molecule is COc1cc(C(=O)Nc2ccc(C(=O)N/N=C\[C@H]3C(=O)NC(=O)N([C@H]4C[C@H]5CC[C@H]4C5)C3=O)cc2)cc(OC)c1OC. The van der Waals surface area contributed by atoms with Crippen LogP contribution in [0.1, 0.15) is 46.4 Å². The first-order valence-corrected chi connectivity index (χ1v) is 13.5. The number of methoxy groups -OCH3 is 3. The number of carbonyl (C=O) groups excluding carboxylic acids is 5. The quantitative estimate of drug-likeness (QED) is 0.232. The first kappa shape index (κ1) is 28.6. The van der Waals surface area contributed by atoms with Gasteiger partial charge < -0.3 is 19.5 Å². The maximum Gasteiger partial charge on any atom is 0.331 e. The third-order valence-electron chi connectivity index (χ3n) is 7.99. The van der Waals surface area contributed by atoms with Gasteiger partial charge >= 0.3 is 6.03 Å². The summed E-state index contributed by atoms with van der Waals surface area (Å²) in [5.41, 5.74) is 3.21. The molecule has 2 aromatic carbocycles. The van der Waals surface area contributed by atoms with Crippen molar-refractivity contribution in [3.8, 4) is 17.2 Å².